The molecule has 0 aliphatic heterocycles. The smallest absolute Gasteiger partial charge is 0.273 e. The topological polar surface area (TPSA) is 90.7 Å². The van der Waals surface area contributed by atoms with Crippen molar-refractivity contribution in [3.63, 3.8) is 0 Å². The molecule has 1 rings (SSSR count). The van der Waals surface area contributed by atoms with Gasteiger partial charge in [0.05, 0.1) is 36.8 Å². The van der Waals surface area contributed by atoms with Gasteiger partial charge in [0.2, 0.25) is 5.91 Å². The van der Waals surface area contributed by atoms with Gasteiger partial charge in [-0.3, -0.25) is 14.9 Å². The molecule has 0 saturated carbocycles. The lowest BCUT2D eigenvalue weighted by molar-refractivity contribution is -0.384. The number of anilines is 1. The van der Waals surface area contributed by atoms with Crippen LogP contribution in [0.4, 0.5) is 11.4 Å². The number of carbonyl (C=O) groups excluding carboxylic acids is 1. The number of ether oxygens (including phenoxy) is 2. The van der Waals surface area contributed by atoms with E-state index in [0.717, 1.165) is 0 Å². The van der Waals surface area contributed by atoms with Gasteiger partial charge in [-0.1, -0.05) is 0 Å². The number of amides is 1. The fourth-order valence-electron chi connectivity index (χ4n) is 1.42. The fourth-order valence-corrected chi connectivity index (χ4v) is 1.42. The van der Waals surface area contributed by atoms with Gasteiger partial charge in [0.15, 0.2) is 0 Å². The molecule has 7 nitrogen and oxygen atoms in total. The Hall–Kier alpha value is -2.15. The molecule has 1 N–H and O–H groups in total. The van der Waals surface area contributed by atoms with E-state index in [0.29, 0.717) is 18.9 Å². The molecule has 19 heavy (non-hydrogen) atoms. The van der Waals surface area contributed by atoms with E-state index in [1.54, 1.807) is 0 Å². The highest BCUT2D eigenvalue weighted by molar-refractivity contribution is 5.92. The molecule has 0 fully saturated rings. The van der Waals surface area contributed by atoms with Crippen molar-refractivity contribution in [2.75, 3.05) is 25.6 Å². The fraction of sp³-hybridized carbons (Fsp3) is 0.417. The van der Waals surface area contributed by atoms with Gasteiger partial charge < -0.3 is 14.8 Å². The van der Waals surface area contributed by atoms with Crippen molar-refractivity contribution in [3.05, 3.63) is 28.3 Å². The quantitative estimate of drug-likeness (QED) is 0.464. The average Bonchev–Trinajstić information content (AvgIpc) is 2.39. The highest BCUT2D eigenvalue weighted by Gasteiger charge is 2.13. The molecule has 0 aromatic heterocycles. The molecule has 0 aliphatic rings. The first-order chi connectivity index (χ1) is 9.08. The normalized spacial score (nSPS) is 10.0. The van der Waals surface area contributed by atoms with Crippen LogP contribution in [-0.4, -0.2) is 31.2 Å². The Bertz CT molecular complexity index is 461. The zero-order valence-corrected chi connectivity index (χ0v) is 10.8. The number of nitrogens with one attached hydrogen (secondary N) is 1. The molecule has 1 amide bonds. The summed E-state index contributed by atoms with van der Waals surface area (Å²) in [6.07, 6.45) is 0.216. The summed E-state index contributed by atoms with van der Waals surface area (Å²) >= 11 is 0. The maximum Gasteiger partial charge on any atom is 0.273 e. The second-order valence-corrected chi connectivity index (χ2v) is 3.64. The van der Waals surface area contributed by atoms with Gasteiger partial charge >= 0.3 is 0 Å². The third-order valence-corrected chi connectivity index (χ3v) is 2.35. The number of nitrogens with zero attached hydrogens (tertiary/aromatic N) is 1. The Balaban J connectivity index is 2.72. The largest absolute Gasteiger partial charge is 0.494 e. The van der Waals surface area contributed by atoms with Crippen LogP contribution < -0.4 is 10.1 Å². The lowest BCUT2D eigenvalue weighted by Crippen LogP contribution is -2.14. The third-order valence-electron chi connectivity index (χ3n) is 2.35. The summed E-state index contributed by atoms with van der Waals surface area (Å²) in [4.78, 5) is 21.7. The van der Waals surface area contributed by atoms with Crippen LogP contribution in [-0.2, 0) is 9.53 Å². The third kappa shape index (κ3) is 4.55. The maximum atomic E-state index is 11.6. The van der Waals surface area contributed by atoms with Crippen LogP contribution in [0.15, 0.2) is 18.2 Å². The number of non-ortho nitro benzene ring substituents is 1. The van der Waals surface area contributed by atoms with Crippen molar-refractivity contribution in [2.45, 2.75) is 13.3 Å². The number of benzene rings is 1. The van der Waals surface area contributed by atoms with Crippen molar-refractivity contribution in [1.29, 1.82) is 0 Å². The first kappa shape index (κ1) is 14.9. The molecule has 104 valence electrons. The zero-order chi connectivity index (χ0) is 14.3. The van der Waals surface area contributed by atoms with Gasteiger partial charge in [0, 0.05) is 12.7 Å². The summed E-state index contributed by atoms with van der Waals surface area (Å²) in [6, 6.07) is 4.01. The summed E-state index contributed by atoms with van der Waals surface area (Å²) < 4.78 is 10.1. The first-order valence-corrected chi connectivity index (χ1v) is 5.78. The predicted molar refractivity (Wildman–Crippen MR) is 69.4 cm³/mol. The van der Waals surface area contributed by atoms with Crippen molar-refractivity contribution >= 4 is 17.3 Å². The molecule has 0 saturated heterocycles. The number of carbonyl (C=O) groups is 1. The molecule has 7 heteroatoms. The zero-order valence-electron chi connectivity index (χ0n) is 10.8. The van der Waals surface area contributed by atoms with E-state index >= 15 is 0 Å². The highest BCUT2D eigenvalue weighted by atomic mass is 16.6. The summed E-state index contributed by atoms with van der Waals surface area (Å²) in [5, 5.41) is 13.2. The average molecular weight is 268 g/mol. The molecule has 0 heterocycles. The van der Waals surface area contributed by atoms with E-state index in [1.165, 1.54) is 25.3 Å². The molecule has 0 atom stereocenters. The molecular formula is C12H16N2O5. The Morgan fingerprint density at radius 3 is 2.79 bits per heavy atom. The standard InChI is InChI=1S/C12H16N2O5/c1-3-19-7-6-12(15)13-10-5-4-9(14(16)17)8-11(10)18-2/h4-5,8H,3,6-7H2,1-2H3,(H,13,15). The summed E-state index contributed by atoms with van der Waals surface area (Å²) in [5.41, 5.74) is 0.304. The second-order valence-electron chi connectivity index (χ2n) is 3.64. The first-order valence-electron chi connectivity index (χ1n) is 5.78. The van der Waals surface area contributed by atoms with Crippen LogP contribution >= 0.6 is 0 Å². The molecular weight excluding hydrogens is 252 g/mol. The van der Waals surface area contributed by atoms with Gasteiger partial charge in [-0.15, -0.1) is 0 Å². The Morgan fingerprint density at radius 1 is 1.47 bits per heavy atom. The van der Waals surface area contributed by atoms with Crippen LogP contribution in [0.1, 0.15) is 13.3 Å². The van der Waals surface area contributed by atoms with Gasteiger partial charge in [-0.25, -0.2) is 0 Å². The van der Waals surface area contributed by atoms with Gasteiger partial charge in [-0.05, 0) is 13.0 Å². The molecule has 0 aliphatic carbocycles. The van der Waals surface area contributed by atoms with Crippen molar-refractivity contribution in [3.8, 4) is 5.75 Å². The maximum absolute atomic E-state index is 11.6. The van der Waals surface area contributed by atoms with Crippen LogP contribution in [0.5, 0.6) is 5.75 Å². The van der Waals surface area contributed by atoms with Gasteiger partial charge in [0.25, 0.3) is 5.69 Å². The number of hydrogen-bond acceptors (Lipinski definition) is 5. The number of hydrogen-bond donors (Lipinski definition) is 1. The van der Waals surface area contributed by atoms with Crippen molar-refractivity contribution in [2.24, 2.45) is 0 Å². The van der Waals surface area contributed by atoms with E-state index < -0.39 is 4.92 Å². The summed E-state index contributed by atoms with van der Waals surface area (Å²) in [7, 11) is 1.38. The minimum Gasteiger partial charge on any atom is -0.494 e. The van der Waals surface area contributed by atoms with Crippen LogP contribution in [0.3, 0.4) is 0 Å². The monoisotopic (exact) mass is 268 g/mol. The molecule has 0 unspecified atom stereocenters. The SMILES string of the molecule is CCOCCC(=O)Nc1ccc([N+](=O)[O-])cc1OC. The number of rotatable bonds is 7. The number of nitro groups is 1. The Kier molecular flexibility index (Phi) is 5.74. The molecule has 0 bridgehead atoms. The van der Waals surface area contributed by atoms with E-state index in [4.69, 9.17) is 9.47 Å². The number of nitro benzene ring substituents is 1. The molecule has 0 radical (unpaired) electrons. The Labute approximate surface area is 110 Å². The summed E-state index contributed by atoms with van der Waals surface area (Å²) in [5.74, 6) is 0.0135. The van der Waals surface area contributed by atoms with Crippen molar-refractivity contribution < 1.29 is 19.2 Å². The molecule has 0 spiro atoms. The van der Waals surface area contributed by atoms with Crippen LogP contribution in [0, 0.1) is 10.1 Å². The van der Waals surface area contributed by atoms with Gasteiger partial charge in [0.1, 0.15) is 5.75 Å². The second kappa shape index (κ2) is 7.32. The summed E-state index contributed by atoms with van der Waals surface area (Å²) in [6.45, 7) is 2.73. The minimum atomic E-state index is -0.525. The molecule has 1 aromatic carbocycles. The lowest BCUT2D eigenvalue weighted by Gasteiger charge is -2.09. The van der Waals surface area contributed by atoms with Gasteiger partial charge in [-0.2, -0.15) is 0 Å². The van der Waals surface area contributed by atoms with Crippen LogP contribution in [0.25, 0.3) is 0 Å². The highest BCUT2D eigenvalue weighted by Crippen LogP contribution is 2.28. The lowest BCUT2D eigenvalue weighted by atomic mass is 10.2. The van der Waals surface area contributed by atoms with E-state index in [1.807, 2.05) is 6.92 Å². The van der Waals surface area contributed by atoms with E-state index in [-0.39, 0.29) is 23.8 Å². The van der Waals surface area contributed by atoms with E-state index in [2.05, 4.69) is 5.32 Å². The van der Waals surface area contributed by atoms with Crippen molar-refractivity contribution in [1.82, 2.24) is 0 Å². The van der Waals surface area contributed by atoms with Crippen LogP contribution in [0.2, 0.25) is 0 Å². The predicted octanol–water partition coefficient (Wildman–Crippen LogP) is 1.97. The molecule has 1 aromatic rings. The van der Waals surface area contributed by atoms with E-state index in [9.17, 15) is 14.9 Å². The minimum absolute atomic E-state index is 0.0934. The Morgan fingerprint density at radius 2 is 2.21 bits per heavy atom. The number of methoxy groups -OCH3 is 1.